The van der Waals surface area contributed by atoms with Gasteiger partial charge in [-0.25, -0.2) is 8.78 Å². The summed E-state index contributed by atoms with van der Waals surface area (Å²) in [6.45, 7) is 0. The Bertz CT molecular complexity index is 602. The summed E-state index contributed by atoms with van der Waals surface area (Å²) in [4.78, 5) is 0. The van der Waals surface area contributed by atoms with Crippen LogP contribution < -0.4 is 10.5 Å². The summed E-state index contributed by atoms with van der Waals surface area (Å²) in [5.41, 5.74) is 6.39. The molecule has 0 aliphatic heterocycles. The SMILES string of the molecule is COc1cc(-c2ccc(Cl)c(F)c2)cc(F)c1N. The maximum atomic E-state index is 13.6. The first kappa shape index (κ1) is 12.6. The number of nitrogens with two attached hydrogens (primary N) is 1. The average molecular weight is 270 g/mol. The van der Waals surface area contributed by atoms with Gasteiger partial charge in [-0.2, -0.15) is 0 Å². The molecule has 0 fully saturated rings. The highest BCUT2D eigenvalue weighted by Gasteiger charge is 2.11. The van der Waals surface area contributed by atoms with Crippen LogP contribution in [-0.2, 0) is 0 Å². The third kappa shape index (κ3) is 2.24. The molecular formula is C13H10ClF2NO. The summed E-state index contributed by atoms with van der Waals surface area (Å²) in [5.74, 6) is -0.967. The van der Waals surface area contributed by atoms with Gasteiger partial charge in [0.2, 0.25) is 0 Å². The van der Waals surface area contributed by atoms with E-state index < -0.39 is 11.6 Å². The van der Waals surface area contributed by atoms with Crippen LogP contribution in [0.25, 0.3) is 11.1 Å². The van der Waals surface area contributed by atoms with Crippen LogP contribution in [0, 0.1) is 11.6 Å². The van der Waals surface area contributed by atoms with Crippen molar-refractivity contribution in [3.63, 3.8) is 0 Å². The van der Waals surface area contributed by atoms with Crippen molar-refractivity contribution in [1.82, 2.24) is 0 Å². The quantitative estimate of drug-likeness (QED) is 0.840. The van der Waals surface area contributed by atoms with Crippen molar-refractivity contribution in [3.05, 3.63) is 47.0 Å². The van der Waals surface area contributed by atoms with Crippen LogP contribution in [0.4, 0.5) is 14.5 Å². The molecule has 94 valence electrons. The Hall–Kier alpha value is -1.81. The summed E-state index contributed by atoms with van der Waals surface area (Å²) in [7, 11) is 1.39. The van der Waals surface area contributed by atoms with Gasteiger partial charge in [0, 0.05) is 0 Å². The Kier molecular flexibility index (Phi) is 3.39. The second-order valence-electron chi connectivity index (χ2n) is 3.70. The highest BCUT2D eigenvalue weighted by Crippen LogP contribution is 2.32. The van der Waals surface area contributed by atoms with Gasteiger partial charge in [-0.05, 0) is 35.4 Å². The van der Waals surface area contributed by atoms with Gasteiger partial charge in [0.05, 0.1) is 12.1 Å². The highest BCUT2D eigenvalue weighted by atomic mass is 35.5. The molecule has 0 aliphatic carbocycles. The summed E-state index contributed by atoms with van der Waals surface area (Å²) in [6.07, 6.45) is 0. The normalized spacial score (nSPS) is 10.4. The van der Waals surface area contributed by atoms with Crippen molar-refractivity contribution in [2.24, 2.45) is 0 Å². The Balaban J connectivity index is 2.57. The molecule has 0 bridgehead atoms. The van der Waals surface area contributed by atoms with E-state index >= 15 is 0 Å². The third-order valence-corrected chi connectivity index (χ3v) is 2.87. The zero-order chi connectivity index (χ0) is 13.3. The molecule has 2 N–H and O–H groups in total. The number of anilines is 1. The van der Waals surface area contributed by atoms with E-state index in [1.807, 2.05) is 0 Å². The second-order valence-corrected chi connectivity index (χ2v) is 4.11. The van der Waals surface area contributed by atoms with E-state index in [4.69, 9.17) is 22.1 Å². The van der Waals surface area contributed by atoms with Crippen LogP contribution in [0.2, 0.25) is 5.02 Å². The topological polar surface area (TPSA) is 35.2 Å². The van der Waals surface area contributed by atoms with E-state index in [1.54, 1.807) is 12.1 Å². The molecule has 0 aromatic heterocycles. The van der Waals surface area contributed by atoms with Crippen molar-refractivity contribution >= 4 is 17.3 Å². The van der Waals surface area contributed by atoms with Crippen LogP contribution in [0.3, 0.4) is 0 Å². The molecule has 0 amide bonds. The lowest BCUT2D eigenvalue weighted by Crippen LogP contribution is -1.97. The Labute approximate surface area is 108 Å². The predicted octanol–water partition coefficient (Wildman–Crippen LogP) is 3.88. The van der Waals surface area contributed by atoms with Crippen molar-refractivity contribution in [2.75, 3.05) is 12.8 Å². The number of benzene rings is 2. The standard InChI is InChI=1S/C13H10ClF2NO/c1-18-12-6-8(5-11(16)13(12)17)7-2-3-9(14)10(15)4-7/h2-6H,17H2,1H3. The first-order valence-corrected chi connectivity index (χ1v) is 5.49. The summed E-state index contributed by atoms with van der Waals surface area (Å²) >= 11 is 5.59. The van der Waals surface area contributed by atoms with Gasteiger partial charge in [0.1, 0.15) is 17.3 Å². The van der Waals surface area contributed by atoms with Crippen LogP contribution in [-0.4, -0.2) is 7.11 Å². The van der Waals surface area contributed by atoms with Crippen molar-refractivity contribution in [3.8, 4) is 16.9 Å². The molecule has 2 nitrogen and oxygen atoms in total. The Morgan fingerprint density at radius 1 is 1.06 bits per heavy atom. The van der Waals surface area contributed by atoms with Gasteiger partial charge < -0.3 is 10.5 Å². The summed E-state index contributed by atoms with van der Waals surface area (Å²) in [6, 6.07) is 7.00. The Morgan fingerprint density at radius 2 is 1.72 bits per heavy atom. The zero-order valence-electron chi connectivity index (χ0n) is 9.51. The third-order valence-electron chi connectivity index (χ3n) is 2.56. The molecule has 0 saturated carbocycles. The fourth-order valence-corrected chi connectivity index (χ4v) is 1.72. The predicted molar refractivity (Wildman–Crippen MR) is 67.8 cm³/mol. The van der Waals surface area contributed by atoms with Crippen LogP contribution in [0.15, 0.2) is 30.3 Å². The first-order chi connectivity index (χ1) is 8.52. The van der Waals surface area contributed by atoms with E-state index in [2.05, 4.69) is 0 Å². The molecule has 0 radical (unpaired) electrons. The molecule has 2 rings (SSSR count). The van der Waals surface area contributed by atoms with E-state index in [0.717, 1.165) is 0 Å². The van der Waals surface area contributed by atoms with Crippen LogP contribution >= 0.6 is 11.6 Å². The molecule has 0 heterocycles. The highest BCUT2D eigenvalue weighted by molar-refractivity contribution is 6.30. The largest absolute Gasteiger partial charge is 0.494 e. The summed E-state index contributed by atoms with van der Waals surface area (Å²) in [5, 5.41) is 0.0154. The molecule has 2 aromatic carbocycles. The van der Waals surface area contributed by atoms with Crippen LogP contribution in [0.5, 0.6) is 5.75 Å². The molecular weight excluding hydrogens is 260 g/mol. The average Bonchev–Trinajstić information content (AvgIpc) is 2.36. The lowest BCUT2D eigenvalue weighted by molar-refractivity contribution is 0.414. The molecule has 18 heavy (non-hydrogen) atoms. The number of hydrogen-bond donors (Lipinski definition) is 1. The zero-order valence-corrected chi connectivity index (χ0v) is 10.3. The van der Waals surface area contributed by atoms with E-state index in [1.165, 1.54) is 25.3 Å². The van der Waals surface area contributed by atoms with Gasteiger partial charge in [-0.15, -0.1) is 0 Å². The molecule has 0 aliphatic rings. The van der Waals surface area contributed by atoms with Crippen molar-refractivity contribution in [1.29, 1.82) is 0 Å². The van der Waals surface area contributed by atoms with Crippen molar-refractivity contribution in [2.45, 2.75) is 0 Å². The van der Waals surface area contributed by atoms with Gasteiger partial charge in [0.25, 0.3) is 0 Å². The fourth-order valence-electron chi connectivity index (χ4n) is 1.60. The molecule has 0 unspecified atom stereocenters. The van der Waals surface area contributed by atoms with E-state index in [0.29, 0.717) is 11.1 Å². The minimum absolute atomic E-state index is 0.0154. The number of ether oxygens (including phenoxy) is 1. The van der Waals surface area contributed by atoms with E-state index in [-0.39, 0.29) is 16.5 Å². The maximum Gasteiger partial charge on any atom is 0.150 e. The fraction of sp³-hybridized carbons (Fsp3) is 0.0769. The van der Waals surface area contributed by atoms with Gasteiger partial charge in [-0.3, -0.25) is 0 Å². The molecule has 0 spiro atoms. The number of halogens is 3. The maximum absolute atomic E-state index is 13.6. The minimum Gasteiger partial charge on any atom is -0.494 e. The number of methoxy groups -OCH3 is 1. The van der Waals surface area contributed by atoms with Crippen LogP contribution in [0.1, 0.15) is 0 Å². The minimum atomic E-state index is -0.611. The molecule has 0 saturated heterocycles. The second kappa shape index (κ2) is 4.82. The van der Waals surface area contributed by atoms with Crippen molar-refractivity contribution < 1.29 is 13.5 Å². The lowest BCUT2D eigenvalue weighted by atomic mass is 10.0. The number of rotatable bonds is 2. The Morgan fingerprint density at radius 3 is 2.33 bits per heavy atom. The van der Waals surface area contributed by atoms with Gasteiger partial charge in [0.15, 0.2) is 5.82 Å². The van der Waals surface area contributed by atoms with Gasteiger partial charge >= 0.3 is 0 Å². The smallest absolute Gasteiger partial charge is 0.150 e. The number of nitrogen functional groups attached to an aromatic ring is 1. The molecule has 2 aromatic rings. The summed E-state index contributed by atoms with van der Waals surface area (Å²) < 4.78 is 31.9. The van der Waals surface area contributed by atoms with E-state index in [9.17, 15) is 8.78 Å². The van der Waals surface area contributed by atoms with Gasteiger partial charge in [-0.1, -0.05) is 17.7 Å². The number of hydrogen-bond acceptors (Lipinski definition) is 2. The molecule has 5 heteroatoms. The molecule has 0 atom stereocenters. The lowest BCUT2D eigenvalue weighted by Gasteiger charge is -2.09. The first-order valence-electron chi connectivity index (χ1n) is 5.11. The monoisotopic (exact) mass is 269 g/mol.